The molecule has 27 heavy (non-hydrogen) atoms. The molecule has 3 rings (SSSR count). The van der Waals surface area contributed by atoms with Crippen LogP contribution < -0.4 is 5.32 Å². The van der Waals surface area contributed by atoms with Gasteiger partial charge in [-0.15, -0.1) is 0 Å². The fourth-order valence-electron chi connectivity index (χ4n) is 2.74. The fraction of sp³-hybridized carbons (Fsp3) is 0.150. The van der Waals surface area contributed by atoms with Gasteiger partial charge in [-0.05, 0) is 36.2 Å². The van der Waals surface area contributed by atoms with Crippen LogP contribution in [0.4, 0.5) is 4.39 Å². The van der Waals surface area contributed by atoms with Gasteiger partial charge in [-0.2, -0.15) is 5.10 Å². The van der Waals surface area contributed by atoms with E-state index in [2.05, 4.69) is 15.5 Å². The molecule has 0 radical (unpaired) electrons. The van der Waals surface area contributed by atoms with Gasteiger partial charge in [0.25, 0.3) is 5.91 Å². The Bertz CT molecular complexity index is 955. The number of rotatable bonds is 6. The number of nitrogens with one attached hydrogen (secondary N) is 2. The number of halogens is 1. The third kappa shape index (κ3) is 4.03. The first-order valence-corrected chi connectivity index (χ1v) is 8.27. The number of carboxylic acids is 1. The molecule has 0 saturated heterocycles. The summed E-state index contributed by atoms with van der Waals surface area (Å²) in [5.41, 5.74) is 0.619. The number of aromatic amines is 1. The summed E-state index contributed by atoms with van der Waals surface area (Å²) in [6.07, 6.45) is 3.21. The van der Waals surface area contributed by atoms with Crippen molar-refractivity contribution in [3.05, 3.63) is 77.9 Å². The van der Waals surface area contributed by atoms with Crippen LogP contribution in [0.1, 0.15) is 22.8 Å². The number of hydrogen-bond donors (Lipinski definition) is 3. The Kier molecular flexibility index (Phi) is 5.03. The summed E-state index contributed by atoms with van der Waals surface area (Å²) in [6.45, 7) is 1.36. The van der Waals surface area contributed by atoms with E-state index >= 15 is 0 Å². The zero-order chi connectivity index (χ0) is 19.4. The molecule has 7 heteroatoms. The van der Waals surface area contributed by atoms with Crippen LogP contribution >= 0.6 is 0 Å². The number of nitrogens with zero attached hydrogens (tertiary/aromatic N) is 1. The SMILES string of the molecule is CC(Cc1ccccc1F)(NC(=O)c1ccc(-c2cn[nH]c2)cc1)C(=O)O. The molecule has 138 valence electrons. The molecule has 1 unspecified atom stereocenters. The Morgan fingerprint density at radius 2 is 1.85 bits per heavy atom. The largest absolute Gasteiger partial charge is 0.480 e. The van der Waals surface area contributed by atoms with E-state index in [1.807, 2.05) is 0 Å². The van der Waals surface area contributed by atoms with Crippen LogP contribution in [0.2, 0.25) is 0 Å². The molecule has 1 heterocycles. The molecule has 2 aromatic carbocycles. The quantitative estimate of drug-likeness (QED) is 0.624. The van der Waals surface area contributed by atoms with E-state index in [0.29, 0.717) is 5.56 Å². The van der Waals surface area contributed by atoms with Gasteiger partial charge >= 0.3 is 5.97 Å². The van der Waals surface area contributed by atoms with E-state index in [0.717, 1.165) is 11.1 Å². The third-order valence-corrected chi connectivity index (χ3v) is 4.34. The number of hydrogen-bond acceptors (Lipinski definition) is 3. The van der Waals surface area contributed by atoms with E-state index in [9.17, 15) is 19.1 Å². The molecule has 1 aromatic heterocycles. The Morgan fingerprint density at radius 1 is 1.15 bits per heavy atom. The molecule has 1 atom stereocenters. The van der Waals surface area contributed by atoms with Gasteiger partial charge < -0.3 is 10.4 Å². The maximum Gasteiger partial charge on any atom is 0.329 e. The van der Waals surface area contributed by atoms with E-state index in [1.54, 1.807) is 42.7 Å². The van der Waals surface area contributed by atoms with Gasteiger partial charge in [0.05, 0.1) is 6.20 Å². The van der Waals surface area contributed by atoms with Crippen molar-refractivity contribution in [1.82, 2.24) is 15.5 Å². The van der Waals surface area contributed by atoms with Crippen molar-refractivity contribution in [1.29, 1.82) is 0 Å². The topological polar surface area (TPSA) is 95.1 Å². The van der Waals surface area contributed by atoms with Crippen molar-refractivity contribution in [3.63, 3.8) is 0 Å². The minimum atomic E-state index is -1.65. The van der Waals surface area contributed by atoms with Crippen molar-refractivity contribution < 1.29 is 19.1 Å². The molecule has 0 spiro atoms. The molecular formula is C20H18FN3O3. The fourth-order valence-corrected chi connectivity index (χ4v) is 2.74. The van der Waals surface area contributed by atoms with Crippen LogP contribution in [-0.4, -0.2) is 32.7 Å². The van der Waals surface area contributed by atoms with Gasteiger partial charge in [-0.3, -0.25) is 9.89 Å². The second kappa shape index (κ2) is 7.41. The lowest BCUT2D eigenvalue weighted by atomic mass is 9.92. The highest BCUT2D eigenvalue weighted by molar-refractivity contribution is 5.98. The summed E-state index contributed by atoms with van der Waals surface area (Å²) in [5, 5.41) is 18.7. The number of amides is 1. The predicted molar refractivity (Wildman–Crippen MR) is 97.6 cm³/mol. The number of aliphatic carboxylic acids is 1. The average molecular weight is 367 g/mol. The second-order valence-corrected chi connectivity index (χ2v) is 6.42. The number of carbonyl (C=O) groups is 2. The molecule has 0 aliphatic heterocycles. The van der Waals surface area contributed by atoms with Crippen molar-refractivity contribution in [2.75, 3.05) is 0 Å². The summed E-state index contributed by atoms with van der Waals surface area (Å²) in [5.74, 6) is -2.30. The van der Waals surface area contributed by atoms with Gasteiger partial charge in [-0.25, -0.2) is 9.18 Å². The van der Waals surface area contributed by atoms with E-state index in [1.165, 1.54) is 25.1 Å². The maximum absolute atomic E-state index is 13.9. The molecule has 3 N–H and O–H groups in total. The van der Waals surface area contributed by atoms with Gasteiger partial charge in [-0.1, -0.05) is 30.3 Å². The number of benzene rings is 2. The first kappa shape index (κ1) is 18.3. The molecule has 1 amide bonds. The van der Waals surface area contributed by atoms with Crippen LogP contribution in [0, 0.1) is 5.82 Å². The Labute approximate surface area is 155 Å². The number of carboxylic acid groups (broad SMARTS) is 1. The first-order valence-electron chi connectivity index (χ1n) is 8.27. The number of H-pyrrole nitrogens is 1. The summed E-state index contributed by atoms with van der Waals surface area (Å²) >= 11 is 0. The lowest BCUT2D eigenvalue weighted by Crippen LogP contribution is -2.53. The monoisotopic (exact) mass is 367 g/mol. The minimum absolute atomic E-state index is 0.173. The zero-order valence-corrected chi connectivity index (χ0v) is 14.6. The minimum Gasteiger partial charge on any atom is -0.480 e. The molecular weight excluding hydrogens is 349 g/mol. The zero-order valence-electron chi connectivity index (χ0n) is 14.6. The summed E-state index contributed by atoms with van der Waals surface area (Å²) in [6, 6.07) is 12.6. The van der Waals surface area contributed by atoms with Gasteiger partial charge in [0.1, 0.15) is 11.4 Å². The first-order chi connectivity index (χ1) is 12.9. The van der Waals surface area contributed by atoms with Crippen LogP contribution in [0.5, 0.6) is 0 Å². The van der Waals surface area contributed by atoms with E-state index in [-0.39, 0.29) is 12.0 Å². The molecule has 3 aromatic rings. The molecule has 0 aliphatic carbocycles. The lowest BCUT2D eigenvalue weighted by Gasteiger charge is -2.26. The highest BCUT2D eigenvalue weighted by Crippen LogP contribution is 2.20. The average Bonchev–Trinajstić information content (AvgIpc) is 3.18. The van der Waals surface area contributed by atoms with Gasteiger partial charge in [0.2, 0.25) is 0 Å². The molecule has 0 fully saturated rings. The van der Waals surface area contributed by atoms with Crippen molar-refractivity contribution >= 4 is 11.9 Å². The standard InChI is InChI=1S/C20H18FN3O3/c1-20(19(26)27,10-15-4-2-3-5-17(15)21)24-18(25)14-8-6-13(7-9-14)16-11-22-23-12-16/h2-9,11-12H,10H2,1H3,(H,22,23)(H,24,25)(H,26,27). The Hall–Kier alpha value is -3.48. The van der Waals surface area contributed by atoms with E-state index in [4.69, 9.17) is 0 Å². The highest BCUT2D eigenvalue weighted by atomic mass is 19.1. The second-order valence-electron chi connectivity index (χ2n) is 6.42. The summed E-state index contributed by atoms with van der Waals surface area (Å²) < 4.78 is 13.9. The van der Waals surface area contributed by atoms with Crippen molar-refractivity contribution in [3.8, 4) is 11.1 Å². The van der Waals surface area contributed by atoms with Crippen LogP contribution in [0.15, 0.2) is 60.9 Å². The molecule has 0 bridgehead atoms. The van der Waals surface area contributed by atoms with Gasteiger partial charge in [0.15, 0.2) is 0 Å². The summed E-state index contributed by atoms with van der Waals surface area (Å²) in [7, 11) is 0. The molecule has 0 aliphatic rings. The molecule has 0 saturated carbocycles. The van der Waals surface area contributed by atoms with Crippen LogP contribution in [-0.2, 0) is 11.2 Å². The third-order valence-electron chi connectivity index (χ3n) is 4.34. The smallest absolute Gasteiger partial charge is 0.329 e. The lowest BCUT2D eigenvalue weighted by molar-refractivity contribution is -0.143. The number of carbonyl (C=O) groups excluding carboxylic acids is 1. The van der Waals surface area contributed by atoms with Crippen molar-refractivity contribution in [2.24, 2.45) is 0 Å². The normalized spacial score (nSPS) is 13.0. The Morgan fingerprint density at radius 3 is 2.44 bits per heavy atom. The van der Waals surface area contributed by atoms with Gasteiger partial charge in [0, 0.05) is 23.7 Å². The maximum atomic E-state index is 13.9. The number of aromatic nitrogens is 2. The Balaban J connectivity index is 1.79. The van der Waals surface area contributed by atoms with E-state index < -0.39 is 23.2 Å². The van der Waals surface area contributed by atoms with Crippen LogP contribution in [0.25, 0.3) is 11.1 Å². The highest BCUT2D eigenvalue weighted by Gasteiger charge is 2.36. The van der Waals surface area contributed by atoms with Crippen molar-refractivity contribution in [2.45, 2.75) is 18.9 Å². The molecule has 6 nitrogen and oxygen atoms in total. The summed E-state index contributed by atoms with van der Waals surface area (Å²) in [4.78, 5) is 24.3. The van der Waals surface area contributed by atoms with Crippen LogP contribution in [0.3, 0.4) is 0 Å². The predicted octanol–water partition coefficient (Wildman–Crippen LogP) is 3.03.